The molecule has 0 aliphatic carbocycles. The van der Waals surface area contributed by atoms with E-state index < -0.39 is 0 Å². The molecule has 3 aromatic heterocycles. The van der Waals surface area contributed by atoms with E-state index in [4.69, 9.17) is 9.84 Å². The van der Waals surface area contributed by atoms with E-state index in [1.54, 1.807) is 9.20 Å². The van der Waals surface area contributed by atoms with Gasteiger partial charge < -0.3 is 10.1 Å². The van der Waals surface area contributed by atoms with Gasteiger partial charge in [-0.2, -0.15) is 14.3 Å². The molecular weight excluding hydrogens is 442 g/mol. The number of ether oxygens (including phenoxy) is 1. The summed E-state index contributed by atoms with van der Waals surface area (Å²) in [5.41, 5.74) is 5.79. The molecule has 0 unspecified atom stereocenters. The van der Waals surface area contributed by atoms with Crippen LogP contribution in [0, 0.1) is 13.8 Å². The molecule has 1 atom stereocenters. The maximum absolute atomic E-state index is 12.8. The minimum Gasteiger partial charge on any atom is -0.489 e. The van der Waals surface area contributed by atoms with Gasteiger partial charge in [-0.05, 0) is 54.8 Å². The molecule has 0 saturated carbocycles. The predicted molar refractivity (Wildman–Crippen MR) is 130 cm³/mol. The molecule has 6 rings (SSSR count). The molecule has 0 spiro atoms. The first-order valence-corrected chi connectivity index (χ1v) is 11.4. The van der Waals surface area contributed by atoms with E-state index in [0.29, 0.717) is 30.3 Å². The first kappa shape index (κ1) is 21.0. The van der Waals surface area contributed by atoms with Crippen molar-refractivity contribution in [3.05, 3.63) is 94.9 Å². The first-order valence-electron chi connectivity index (χ1n) is 11.4. The smallest absolute Gasteiger partial charge is 0.226 e. The summed E-state index contributed by atoms with van der Waals surface area (Å²) in [4.78, 5) is 12.8. The van der Waals surface area contributed by atoms with E-state index in [9.17, 15) is 4.79 Å². The molecule has 4 heterocycles. The zero-order valence-electron chi connectivity index (χ0n) is 19.3. The Morgan fingerprint density at radius 1 is 1.06 bits per heavy atom. The van der Waals surface area contributed by atoms with E-state index in [2.05, 4.69) is 39.7 Å². The summed E-state index contributed by atoms with van der Waals surface area (Å²) in [6.07, 6.45) is 1.87. The number of nitrogens with zero attached hydrogens (tertiary/aromatic N) is 6. The zero-order valence-corrected chi connectivity index (χ0v) is 19.3. The van der Waals surface area contributed by atoms with Gasteiger partial charge >= 0.3 is 0 Å². The third-order valence-electron chi connectivity index (χ3n) is 6.38. The minimum atomic E-state index is -0.145. The van der Waals surface area contributed by atoms with E-state index >= 15 is 0 Å². The summed E-state index contributed by atoms with van der Waals surface area (Å²) in [5.74, 6) is 1.75. The van der Waals surface area contributed by atoms with Crippen LogP contribution in [-0.4, -0.2) is 35.5 Å². The van der Waals surface area contributed by atoms with Crippen LogP contribution in [0.25, 0.3) is 11.5 Å². The van der Waals surface area contributed by atoms with Crippen LogP contribution in [0.3, 0.4) is 0 Å². The highest BCUT2D eigenvalue weighted by Gasteiger charge is 2.33. The molecule has 174 valence electrons. The summed E-state index contributed by atoms with van der Waals surface area (Å²) >= 11 is 0. The van der Waals surface area contributed by atoms with Gasteiger partial charge in [0.05, 0.1) is 5.69 Å². The lowest BCUT2D eigenvalue weighted by atomic mass is 9.86. The molecule has 2 aromatic carbocycles. The summed E-state index contributed by atoms with van der Waals surface area (Å²) < 4.78 is 9.36. The van der Waals surface area contributed by atoms with E-state index in [1.807, 2.05) is 55.5 Å². The highest BCUT2D eigenvalue weighted by molar-refractivity contribution is 5.95. The largest absolute Gasteiger partial charge is 0.489 e. The molecular formula is C26H23N7O2. The third-order valence-corrected chi connectivity index (χ3v) is 6.38. The quantitative estimate of drug-likeness (QED) is 0.422. The molecule has 0 saturated heterocycles. The number of aromatic nitrogens is 6. The average molecular weight is 466 g/mol. The van der Waals surface area contributed by atoms with Crippen LogP contribution in [0.4, 0.5) is 5.82 Å². The van der Waals surface area contributed by atoms with Crippen molar-refractivity contribution >= 4 is 17.4 Å². The highest BCUT2D eigenvalue weighted by Crippen LogP contribution is 2.40. The Hall–Kier alpha value is -4.53. The van der Waals surface area contributed by atoms with Crippen molar-refractivity contribution in [1.29, 1.82) is 0 Å². The number of hydrogen-bond acceptors (Lipinski definition) is 6. The number of anilines is 1. The normalized spacial score (nSPS) is 15.1. The number of aryl methyl sites for hydroxylation is 2. The van der Waals surface area contributed by atoms with E-state index in [-0.39, 0.29) is 11.8 Å². The fraction of sp³-hybridized carbons (Fsp3) is 0.192. The summed E-state index contributed by atoms with van der Waals surface area (Å²) in [6.45, 7) is 4.52. The second-order valence-electron chi connectivity index (χ2n) is 8.68. The summed E-state index contributed by atoms with van der Waals surface area (Å²) in [7, 11) is 0. The van der Waals surface area contributed by atoms with E-state index in [1.165, 1.54) is 11.9 Å². The number of nitrogens with one attached hydrogen (secondary N) is 1. The Kier molecular flexibility index (Phi) is 5.02. The SMILES string of the molecule is Cc1ccccc1COc1cccc([C@H]2CC(=O)Nc3c2c(C)nn3-c2ccc3nncn3n2)c1. The molecule has 9 nitrogen and oxygen atoms in total. The molecule has 5 aromatic rings. The van der Waals surface area contributed by atoms with Gasteiger partial charge in [0.1, 0.15) is 24.5 Å². The summed E-state index contributed by atoms with van der Waals surface area (Å²) in [6, 6.07) is 19.8. The maximum Gasteiger partial charge on any atom is 0.226 e. The van der Waals surface area contributed by atoms with Gasteiger partial charge in [-0.15, -0.1) is 15.3 Å². The van der Waals surface area contributed by atoms with Crippen LogP contribution in [-0.2, 0) is 11.4 Å². The van der Waals surface area contributed by atoms with Gasteiger partial charge in [0.15, 0.2) is 11.5 Å². The number of carbonyl (C=O) groups is 1. The molecule has 1 aliphatic heterocycles. The Morgan fingerprint density at radius 3 is 2.83 bits per heavy atom. The van der Waals surface area contributed by atoms with Crippen LogP contribution in [0.2, 0.25) is 0 Å². The number of hydrogen-bond donors (Lipinski definition) is 1. The Bertz CT molecular complexity index is 1570. The Morgan fingerprint density at radius 2 is 1.94 bits per heavy atom. The van der Waals surface area contributed by atoms with Crippen molar-refractivity contribution in [2.75, 3.05) is 5.32 Å². The maximum atomic E-state index is 12.8. The molecule has 1 amide bonds. The third kappa shape index (κ3) is 3.80. The van der Waals surface area contributed by atoms with Gasteiger partial charge in [0.25, 0.3) is 0 Å². The van der Waals surface area contributed by atoms with Crippen LogP contribution >= 0.6 is 0 Å². The summed E-state index contributed by atoms with van der Waals surface area (Å²) in [5, 5.41) is 20.2. The lowest BCUT2D eigenvalue weighted by molar-refractivity contribution is -0.116. The van der Waals surface area contributed by atoms with Crippen LogP contribution < -0.4 is 10.1 Å². The first-order chi connectivity index (χ1) is 17.1. The van der Waals surface area contributed by atoms with Crippen LogP contribution in [0.15, 0.2) is 67.0 Å². The molecule has 1 aliphatic rings. The lowest BCUT2D eigenvalue weighted by Crippen LogP contribution is -2.25. The number of fused-ring (bicyclic) bond motifs is 2. The predicted octanol–water partition coefficient (Wildman–Crippen LogP) is 3.98. The molecule has 1 N–H and O–H groups in total. The van der Waals surface area contributed by atoms with Crippen molar-refractivity contribution in [2.45, 2.75) is 32.8 Å². The monoisotopic (exact) mass is 465 g/mol. The van der Waals surface area contributed by atoms with Gasteiger partial charge in [0, 0.05) is 17.9 Å². The van der Waals surface area contributed by atoms with Gasteiger partial charge in [-0.3, -0.25) is 4.79 Å². The molecule has 0 bridgehead atoms. The number of carbonyl (C=O) groups excluding carboxylic acids is 1. The van der Waals surface area contributed by atoms with Crippen molar-refractivity contribution in [3.63, 3.8) is 0 Å². The molecule has 0 radical (unpaired) electrons. The second kappa shape index (κ2) is 8.35. The fourth-order valence-corrected chi connectivity index (χ4v) is 4.58. The van der Waals surface area contributed by atoms with Crippen molar-refractivity contribution in [1.82, 2.24) is 29.6 Å². The fourth-order valence-electron chi connectivity index (χ4n) is 4.58. The van der Waals surface area contributed by atoms with Gasteiger partial charge in [-0.1, -0.05) is 36.4 Å². The van der Waals surface area contributed by atoms with Gasteiger partial charge in [-0.25, -0.2) is 0 Å². The molecule has 9 heteroatoms. The van der Waals surface area contributed by atoms with E-state index in [0.717, 1.165) is 28.1 Å². The van der Waals surface area contributed by atoms with Crippen molar-refractivity contribution in [2.24, 2.45) is 0 Å². The van der Waals surface area contributed by atoms with Crippen LogP contribution in [0.5, 0.6) is 5.75 Å². The zero-order chi connectivity index (χ0) is 23.9. The average Bonchev–Trinajstić information content (AvgIpc) is 3.47. The van der Waals surface area contributed by atoms with Crippen molar-refractivity contribution in [3.8, 4) is 11.6 Å². The topological polar surface area (TPSA) is 99.2 Å². The lowest BCUT2D eigenvalue weighted by Gasteiger charge is -2.24. The number of rotatable bonds is 5. The molecule has 0 fully saturated rings. The number of amides is 1. The Balaban J connectivity index is 1.35. The standard InChI is InChI=1S/C26H23N7O2/c1-16-6-3-4-7-19(16)14-35-20-9-5-8-18(12-20)21-13-24(34)28-26-25(21)17(2)30-33(26)23-11-10-22-29-27-15-32(22)31-23/h3-12,15,21H,13-14H2,1-2H3,(H,28,34)/t21-/m1/s1. The second-order valence-corrected chi connectivity index (χ2v) is 8.68. The van der Waals surface area contributed by atoms with Crippen molar-refractivity contribution < 1.29 is 9.53 Å². The Labute approximate surface area is 201 Å². The minimum absolute atomic E-state index is 0.0692. The van der Waals surface area contributed by atoms with Gasteiger partial charge in [0.2, 0.25) is 5.91 Å². The highest BCUT2D eigenvalue weighted by atomic mass is 16.5. The molecule has 35 heavy (non-hydrogen) atoms. The van der Waals surface area contributed by atoms with Crippen LogP contribution in [0.1, 0.15) is 40.3 Å². The number of benzene rings is 2.